The number of alkyl halides is 1. The highest BCUT2D eigenvalue weighted by Gasteiger charge is 2.81. The number of ether oxygens (including phenoxy) is 2. The fraction of sp³-hybridized carbons (Fsp3) is 0.950. The Bertz CT molecular complexity index is 1160. The van der Waals surface area contributed by atoms with Crippen LogP contribution in [0, 0.1) is 60.6 Å². The van der Waals surface area contributed by atoms with Crippen LogP contribution in [0.15, 0.2) is 0 Å². The third kappa shape index (κ3) is 5.63. The van der Waals surface area contributed by atoms with Crippen LogP contribution >= 0.6 is 11.6 Å². The molecule has 0 radical (unpaired) electrons. The highest BCUT2D eigenvalue weighted by atomic mass is 35.5. The van der Waals surface area contributed by atoms with Crippen LogP contribution in [0.2, 0.25) is 0 Å². The maximum atomic E-state index is 14.9. The van der Waals surface area contributed by atoms with Gasteiger partial charge in [-0.1, -0.05) is 104 Å². The van der Waals surface area contributed by atoms with Gasteiger partial charge in [0.25, 0.3) is 0 Å². The molecule has 0 saturated heterocycles. The van der Waals surface area contributed by atoms with E-state index in [1.165, 1.54) is 6.42 Å². The first-order valence-corrected chi connectivity index (χ1v) is 18.7. The van der Waals surface area contributed by atoms with Crippen LogP contribution < -0.4 is 0 Å². The second kappa shape index (κ2) is 11.1. The molecule has 8 unspecified atom stereocenters. The predicted molar refractivity (Wildman–Crippen MR) is 186 cm³/mol. The normalized spacial score (nSPS) is 39.6. The van der Waals surface area contributed by atoms with E-state index in [1.807, 2.05) is 6.92 Å². The number of hydrogen-bond acceptors (Lipinski definition) is 4. The Labute approximate surface area is 282 Å². The van der Waals surface area contributed by atoms with Gasteiger partial charge in [-0.05, 0) is 102 Å². The number of fused-ring (bicyclic) bond motifs is 2. The molecule has 4 aliphatic carbocycles. The summed E-state index contributed by atoms with van der Waals surface area (Å²) >= 11 is 6.96. The first kappa shape index (κ1) is 37.1. The van der Waals surface area contributed by atoms with Crippen LogP contribution in [0.3, 0.4) is 0 Å². The van der Waals surface area contributed by atoms with Crippen molar-refractivity contribution < 1.29 is 19.1 Å². The molecule has 45 heavy (non-hydrogen) atoms. The molecule has 260 valence electrons. The van der Waals surface area contributed by atoms with Crippen molar-refractivity contribution in [3.8, 4) is 0 Å². The largest absolute Gasteiger partial charge is 0.465 e. The molecule has 0 spiro atoms. The van der Waals surface area contributed by atoms with Crippen molar-refractivity contribution in [3.63, 3.8) is 0 Å². The minimum absolute atomic E-state index is 0.00185. The Morgan fingerprint density at radius 1 is 0.844 bits per heavy atom. The minimum Gasteiger partial charge on any atom is -0.465 e. The third-order valence-corrected chi connectivity index (χ3v) is 15.9. The zero-order valence-corrected chi connectivity index (χ0v) is 32.6. The maximum Gasteiger partial charge on any atom is 0.312 e. The second-order valence-electron chi connectivity index (χ2n) is 20.5. The Morgan fingerprint density at radius 3 is 1.82 bits per heavy atom. The van der Waals surface area contributed by atoms with Gasteiger partial charge in [0.15, 0.2) is 0 Å². The molecule has 2 bridgehead atoms. The van der Waals surface area contributed by atoms with Gasteiger partial charge in [0.2, 0.25) is 0 Å². The fourth-order valence-corrected chi connectivity index (χ4v) is 11.2. The van der Waals surface area contributed by atoms with E-state index in [-0.39, 0.29) is 61.3 Å². The average molecular weight is 649 g/mol. The number of esters is 2. The highest BCUT2D eigenvalue weighted by molar-refractivity contribution is 6.20. The lowest BCUT2D eigenvalue weighted by molar-refractivity contribution is -0.165. The summed E-state index contributed by atoms with van der Waals surface area (Å²) in [5.41, 5.74) is -1.79. The molecular formula is C40H69ClO4. The number of halogens is 1. The summed E-state index contributed by atoms with van der Waals surface area (Å²) in [6.45, 7) is 34.6. The molecule has 0 N–H and O–H groups in total. The second-order valence-corrected chi connectivity index (χ2v) is 21.1. The summed E-state index contributed by atoms with van der Waals surface area (Å²) in [6.07, 6.45) is 8.05. The first-order valence-electron chi connectivity index (χ1n) is 18.2. The van der Waals surface area contributed by atoms with Gasteiger partial charge in [-0.2, -0.15) is 0 Å². The number of rotatable bonds is 13. The van der Waals surface area contributed by atoms with Gasteiger partial charge in [-0.3, -0.25) is 9.59 Å². The van der Waals surface area contributed by atoms with E-state index in [0.717, 1.165) is 44.9 Å². The van der Waals surface area contributed by atoms with E-state index in [1.54, 1.807) is 0 Å². The molecule has 4 rings (SSSR count). The molecule has 4 aliphatic rings. The van der Waals surface area contributed by atoms with Crippen molar-refractivity contribution in [1.29, 1.82) is 0 Å². The summed E-state index contributed by atoms with van der Waals surface area (Å²) in [7, 11) is 0. The van der Waals surface area contributed by atoms with Crippen molar-refractivity contribution >= 4 is 23.5 Å². The predicted octanol–water partition coefficient (Wildman–Crippen LogP) is 11.0. The highest BCUT2D eigenvalue weighted by Crippen LogP contribution is 2.82. The van der Waals surface area contributed by atoms with Crippen molar-refractivity contribution in [3.05, 3.63) is 0 Å². The summed E-state index contributed by atoms with van der Waals surface area (Å²) in [4.78, 5) is 28.8. The Kier molecular flexibility index (Phi) is 9.16. The molecule has 0 aromatic carbocycles. The summed E-state index contributed by atoms with van der Waals surface area (Å²) < 4.78 is 12.7. The summed E-state index contributed by atoms with van der Waals surface area (Å²) in [5.74, 6) is 0.722. The number of hydrogen-bond donors (Lipinski definition) is 0. The van der Waals surface area contributed by atoms with Crippen LogP contribution in [-0.4, -0.2) is 30.0 Å². The van der Waals surface area contributed by atoms with Crippen molar-refractivity contribution in [2.45, 2.75) is 173 Å². The molecule has 5 heteroatoms. The van der Waals surface area contributed by atoms with Crippen molar-refractivity contribution in [1.82, 2.24) is 0 Å². The monoisotopic (exact) mass is 648 g/mol. The van der Waals surface area contributed by atoms with E-state index < -0.39 is 10.8 Å². The van der Waals surface area contributed by atoms with Gasteiger partial charge in [0.1, 0.15) is 6.10 Å². The lowest BCUT2D eigenvalue weighted by Crippen LogP contribution is -2.43. The summed E-state index contributed by atoms with van der Waals surface area (Å²) in [6, 6.07) is 0. The molecule has 4 fully saturated rings. The number of carbonyl (C=O) groups is 2. The van der Waals surface area contributed by atoms with Gasteiger partial charge >= 0.3 is 11.9 Å². The molecule has 0 heterocycles. The van der Waals surface area contributed by atoms with E-state index in [4.69, 9.17) is 21.1 Å². The van der Waals surface area contributed by atoms with Crippen LogP contribution in [0.4, 0.5) is 0 Å². The zero-order valence-electron chi connectivity index (χ0n) is 31.9. The van der Waals surface area contributed by atoms with Gasteiger partial charge in [-0.15, -0.1) is 11.6 Å². The van der Waals surface area contributed by atoms with E-state index in [9.17, 15) is 9.59 Å². The maximum absolute atomic E-state index is 14.9. The third-order valence-electron chi connectivity index (χ3n) is 15.2. The SMILES string of the molecule is CCCOC(=O)C1(CC(C)(C)C)CC1(C)C(C)(C)CC1(C(=O)OC2CC3(C)CCC2C3(C)C)CC1(C)C(C)(C)CC(Cl)C(C)C. The van der Waals surface area contributed by atoms with Crippen LogP contribution in [0.25, 0.3) is 0 Å². The smallest absolute Gasteiger partial charge is 0.312 e. The van der Waals surface area contributed by atoms with Crippen LogP contribution in [0.5, 0.6) is 0 Å². The number of carbonyl (C=O) groups excluding carboxylic acids is 2. The molecule has 4 saturated carbocycles. The Balaban J connectivity index is 1.70. The van der Waals surface area contributed by atoms with Crippen LogP contribution in [-0.2, 0) is 19.1 Å². The van der Waals surface area contributed by atoms with Gasteiger partial charge in [0.05, 0.1) is 17.4 Å². The van der Waals surface area contributed by atoms with Gasteiger partial charge in [-0.25, -0.2) is 0 Å². The molecule has 0 aromatic rings. The quantitative estimate of drug-likeness (QED) is 0.147. The standard InChI is InChI=1S/C40H69ClO4/c1-16-19-44-30(42)39(22-32(4,5)6)25-38(39,15)34(9,10)23-40(24-37(40,14)33(7,8)20-28(41)26(2)3)31(43)45-29-21-36(13)18-17-27(29)35(36,11)12/h26-29H,16-25H2,1-15H3. The minimum atomic E-state index is -0.618. The lowest BCUT2D eigenvalue weighted by Gasteiger charge is -2.44. The molecule has 0 aromatic heterocycles. The van der Waals surface area contributed by atoms with E-state index in [2.05, 4.69) is 96.9 Å². The molecule has 8 atom stereocenters. The summed E-state index contributed by atoms with van der Waals surface area (Å²) in [5, 5.41) is 0.0409. The van der Waals surface area contributed by atoms with Crippen LogP contribution in [0.1, 0.15) is 162 Å². The fourth-order valence-electron chi connectivity index (χ4n) is 10.9. The van der Waals surface area contributed by atoms with E-state index in [0.29, 0.717) is 24.9 Å². The lowest BCUT2D eigenvalue weighted by atomic mass is 9.61. The average Bonchev–Trinajstić information content (AvgIpc) is 3.65. The Hall–Kier alpha value is -0.770. The van der Waals surface area contributed by atoms with Gasteiger partial charge < -0.3 is 9.47 Å². The molecule has 4 nitrogen and oxygen atoms in total. The zero-order chi connectivity index (χ0) is 34.4. The Morgan fingerprint density at radius 2 is 1.38 bits per heavy atom. The van der Waals surface area contributed by atoms with Crippen molar-refractivity contribution in [2.75, 3.05) is 6.61 Å². The van der Waals surface area contributed by atoms with E-state index >= 15 is 0 Å². The topological polar surface area (TPSA) is 52.6 Å². The first-order chi connectivity index (χ1) is 20.2. The van der Waals surface area contributed by atoms with Gasteiger partial charge in [0, 0.05) is 11.3 Å². The van der Waals surface area contributed by atoms with Crippen molar-refractivity contribution in [2.24, 2.45) is 60.6 Å². The molecule has 0 amide bonds. The molecular weight excluding hydrogens is 580 g/mol. The molecule has 0 aliphatic heterocycles.